The fraction of sp³-hybridized carbons (Fsp3) is 0.727. The molecule has 3 heterocycles. The van der Waals surface area contributed by atoms with Gasteiger partial charge in [-0.1, -0.05) is 0 Å². The highest BCUT2D eigenvalue weighted by atomic mass is 32.2. The minimum absolute atomic E-state index is 0.0392. The van der Waals surface area contributed by atoms with E-state index in [0.717, 1.165) is 25.7 Å². The van der Waals surface area contributed by atoms with E-state index in [0.29, 0.717) is 17.9 Å². The molecule has 0 aliphatic carbocycles. The topological polar surface area (TPSA) is 86.9 Å². The highest BCUT2D eigenvalue weighted by Crippen LogP contribution is 2.27. The number of aromatic nitrogens is 2. The van der Waals surface area contributed by atoms with E-state index >= 15 is 0 Å². The minimum Gasteiger partial charge on any atom is -0.332 e. The molecule has 2 bridgehead atoms. The number of aromatic amines is 1. The molecule has 3 rings (SSSR count). The van der Waals surface area contributed by atoms with Gasteiger partial charge in [-0.15, -0.1) is 0 Å². The molecule has 1 aromatic rings. The monoisotopic (exact) mass is 270 g/mol. The molecular weight excluding hydrogens is 252 g/mol. The first-order chi connectivity index (χ1) is 8.53. The van der Waals surface area contributed by atoms with Gasteiger partial charge in [-0.2, -0.15) is 0 Å². The molecule has 2 atom stereocenters. The van der Waals surface area contributed by atoms with Crippen LogP contribution in [0.5, 0.6) is 0 Å². The van der Waals surface area contributed by atoms with Crippen LogP contribution in [0, 0.1) is 6.92 Å². The lowest BCUT2D eigenvalue weighted by Gasteiger charge is -2.29. The van der Waals surface area contributed by atoms with Crippen molar-refractivity contribution in [3.05, 3.63) is 12.0 Å². The Hall–Kier alpha value is -0.920. The number of aryl methyl sites for hydroxylation is 1. The van der Waals surface area contributed by atoms with E-state index < -0.39 is 10.0 Å². The summed E-state index contributed by atoms with van der Waals surface area (Å²) in [7, 11) is -3.45. The smallest absolute Gasteiger partial charge is 0.257 e. The number of hydrogen-bond donors (Lipinski definition) is 3. The average molecular weight is 270 g/mol. The van der Waals surface area contributed by atoms with Crippen LogP contribution in [-0.2, 0) is 10.0 Å². The number of fused-ring (bicyclic) bond motifs is 2. The van der Waals surface area contributed by atoms with Crippen molar-refractivity contribution in [2.45, 2.75) is 55.8 Å². The van der Waals surface area contributed by atoms with E-state index in [2.05, 4.69) is 20.0 Å². The zero-order chi connectivity index (χ0) is 12.8. The van der Waals surface area contributed by atoms with Crippen LogP contribution < -0.4 is 10.0 Å². The summed E-state index contributed by atoms with van der Waals surface area (Å²) in [5.74, 6) is 0.612. The molecule has 0 radical (unpaired) electrons. The first kappa shape index (κ1) is 12.1. The number of imidazole rings is 1. The van der Waals surface area contributed by atoms with Gasteiger partial charge < -0.3 is 10.3 Å². The van der Waals surface area contributed by atoms with E-state index in [1.54, 1.807) is 6.92 Å². The molecule has 0 amide bonds. The molecule has 0 aromatic carbocycles. The zero-order valence-electron chi connectivity index (χ0n) is 10.3. The van der Waals surface area contributed by atoms with Crippen molar-refractivity contribution in [1.82, 2.24) is 20.0 Å². The molecule has 7 heteroatoms. The fourth-order valence-corrected chi connectivity index (χ4v) is 4.20. The predicted molar refractivity (Wildman–Crippen MR) is 66.6 cm³/mol. The Morgan fingerprint density at radius 3 is 2.56 bits per heavy atom. The normalized spacial score (nSPS) is 31.7. The maximum atomic E-state index is 12.1. The van der Waals surface area contributed by atoms with Crippen molar-refractivity contribution in [3.63, 3.8) is 0 Å². The third-order valence-corrected chi connectivity index (χ3v) is 5.19. The van der Waals surface area contributed by atoms with E-state index in [4.69, 9.17) is 0 Å². The summed E-state index contributed by atoms with van der Waals surface area (Å²) in [6.07, 6.45) is 5.44. The standard InChI is InChI=1S/C11H18N4O2S/c1-7-12-6-11(13-7)18(16,17)15-10-4-8-2-3-9(5-10)14-8/h6,8-10,14-15H,2-5H2,1H3,(H,12,13). The predicted octanol–water partition coefficient (Wildman–Crippen LogP) is 0.279. The van der Waals surface area contributed by atoms with E-state index in [-0.39, 0.29) is 11.1 Å². The van der Waals surface area contributed by atoms with Crippen LogP contribution in [0.15, 0.2) is 11.2 Å². The van der Waals surface area contributed by atoms with Crippen LogP contribution in [0.2, 0.25) is 0 Å². The van der Waals surface area contributed by atoms with Crippen LogP contribution in [0.25, 0.3) is 0 Å². The van der Waals surface area contributed by atoms with Crippen molar-refractivity contribution in [3.8, 4) is 0 Å². The van der Waals surface area contributed by atoms with Gasteiger partial charge in [0, 0.05) is 18.1 Å². The van der Waals surface area contributed by atoms with Gasteiger partial charge >= 0.3 is 0 Å². The Morgan fingerprint density at radius 1 is 1.33 bits per heavy atom. The van der Waals surface area contributed by atoms with Crippen LogP contribution in [0.4, 0.5) is 0 Å². The molecule has 0 spiro atoms. The molecule has 2 aliphatic rings. The molecular formula is C11H18N4O2S. The molecule has 6 nitrogen and oxygen atoms in total. The molecule has 0 saturated carbocycles. The Morgan fingerprint density at radius 2 is 2.00 bits per heavy atom. The molecule has 18 heavy (non-hydrogen) atoms. The van der Waals surface area contributed by atoms with Gasteiger partial charge in [-0.3, -0.25) is 0 Å². The van der Waals surface area contributed by atoms with Crippen molar-refractivity contribution in [2.24, 2.45) is 0 Å². The summed E-state index contributed by atoms with van der Waals surface area (Å²) in [6.45, 7) is 1.74. The number of nitrogens with zero attached hydrogens (tertiary/aromatic N) is 1. The number of sulfonamides is 1. The number of nitrogens with one attached hydrogen (secondary N) is 3. The number of rotatable bonds is 3. The molecule has 2 unspecified atom stereocenters. The number of H-pyrrole nitrogens is 1. The quantitative estimate of drug-likeness (QED) is 0.736. The van der Waals surface area contributed by atoms with E-state index in [9.17, 15) is 8.42 Å². The minimum atomic E-state index is -3.45. The number of piperidine rings is 1. The van der Waals surface area contributed by atoms with Crippen molar-refractivity contribution in [1.29, 1.82) is 0 Å². The van der Waals surface area contributed by atoms with Gasteiger partial charge in [0.25, 0.3) is 10.0 Å². The summed E-state index contributed by atoms with van der Waals surface area (Å²) in [5.41, 5.74) is 0. The molecule has 100 valence electrons. The molecule has 2 saturated heterocycles. The van der Waals surface area contributed by atoms with E-state index in [1.165, 1.54) is 6.20 Å². The first-order valence-corrected chi connectivity index (χ1v) is 7.81. The lowest BCUT2D eigenvalue weighted by Crippen LogP contribution is -2.47. The summed E-state index contributed by atoms with van der Waals surface area (Å²) in [4.78, 5) is 6.70. The molecule has 2 aliphatic heterocycles. The maximum absolute atomic E-state index is 12.1. The second kappa shape index (κ2) is 4.32. The highest BCUT2D eigenvalue weighted by Gasteiger charge is 2.35. The van der Waals surface area contributed by atoms with Crippen molar-refractivity contribution >= 4 is 10.0 Å². The first-order valence-electron chi connectivity index (χ1n) is 6.33. The van der Waals surface area contributed by atoms with E-state index in [1.807, 2.05) is 0 Å². The molecule has 3 N–H and O–H groups in total. The zero-order valence-corrected chi connectivity index (χ0v) is 11.1. The van der Waals surface area contributed by atoms with Crippen LogP contribution >= 0.6 is 0 Å². The fourth-order valence-electron chi connectivity index (χ4n) is 2.97. The van der Waals surface area contributed by atoms with Crippen LogP contribution in [-0.4, -0.2) is 36.5 Å². The summed E-state index contributed by atoms with van der Waals surface area (Å²) >= 11 is 0. The van der Waals surface area contributed by atoms with Gasteiger partial charge in [0.2, 0.25) is 0 Å². The average Bonchev–Trinajstić information content (AvgIpc) is 2.85. The Kier molecular flexibility index (Phi) is 2.91. The Labute approximate surface area is 107 Å². The maximum Gasteiger partial charge on any atom is 0.257 e. The van der Waals surface area contributed by atoms with Gasteiger partial charge in [0.05, 0.1) is 6.20 Å². The lowest BCUT2D eigenvalue weighted by molar-refractivity contribution is 0.345. The Bertz CT molecular complexity index is 527. The van der Waals surface area contributed by atoms with Crippen LogP contribution in [0.3, 0.4) is 0 Å². The number of hydrogen-bond acceptors (Lipinski definition) is 4. The van der Waals surface area contributed by atoms with Gasteiger partial charge in [-0.25, -0.2) is 18.1 Å². The van der Waals surface area contributed by atoms with Gasteiger partial charge in [-0.05, 0) is 32.6 Å². The van der Waals surface area contributed by atoms with Crippen LogP contribution in [0.1, 0.15) is 31.5 Å². The second-order valence-corrected chi connectivity index (χ2v) is 6.94. The summed E-state index contributed by atoms with van der Waals surface area (Å²) in [6, 6.07) is 0.984. The third-order valence-electron chi connectivity index (χ3n) is 3.76. The van der Waals surface area contributed by atoms with Gasteiger partial charge in [0.1, 0.15) is 5.82 Å². The van der Waals surface area contributed by atoms with Crippen molar-refractivity contribution < 1.29 is 8.42 Å². The second-order valence-electron chi connectivity index (χ2n) is 5.26. The van der Waals surface area contributed by atoms with Crippen molar-refractivity contribution in [2.75, 3.05) is 0 Å². The molecule has 1 aromatic heterocycles. The molecule has 2 fully saturated rings. The Balaban J connectivity index is 1.72. The highest BCUT2D eigenvalue weighted by molar-refractivity contribution is 7.89. The SMILES string of the molecule is Cc1ncc(S(=O)(=O)NC2CC3CCC(C2)N3)[nH]1. The van der Waals surface area contributed by atoms with Gasteiger partial charge in [0.15, 0.2) is 5.03 Å². The largest absolute Gasteiger partial charge is 0.332 e. The summed E-state index contributed by atoms with van der Waals surface area (Å²) in [5, 5.41) is 3.65. The third kappa shape index (κ3) is 2.30. The summed E-state index contributed by atoms with van der Waals surface area (Å²) < 4.78 is 27.1. The lowest BCUT2D eigenvalue weighted by atomic mass is 10.0.